The van der Waals surface area contributed by atoms with E-state index in [4.69, 9.17) is 4.74 Å². The molecule has 0 saturated carbocycles. The number of hydrogen-bond donors (Lipinski definition) is 2. The van der Waals surface area contributed by atoms with E-state index in [0.29, 0.717) is 12.1 Å². The van der Waals surface area contributed by atoms with Crippen molar-refractivity contribution in [1.29, 1.82) is 0 Å². The lowest BCUT2D eigenvalue weighted by Gasteiger charge is -2.24. The molecule has 0 rings (SSSR count). The normalized spacial score (nSPS) is 14.1. The highest BCUT2D eigenvalue weighted by molar-refractivity contribution is 4.63. The highest BCUT2D eigenvalue weighted by Crippen LogP contribution is 2.04. The molecule has 0 aromatic heterocycles. The lowest BCUT2D eigenvalue weighted by Crippen LogP contribution is -2.39. The molecule has 3 heteroatoms. The van der Waals surface area contributed by atoms with Crippen LogP contribution in [0.1, 0.15) is 54.4 Å². The molecular weight excluding hydrogens is 200 g/mol. The van der Waals surface area contributed by atoms with E-state index in [1.165, 1.54) is 0 Å². The molecule has 16 heavy (non-hydrogen) atoms. The van der Waals surface area contributed by atoms with Crippen molar-refractivity contribution in [3.05, 3.63) is 0 Å². The predicted octanol–water partition coefficient (Wildman–Crippen LogP) is 2.51. The van der Waals surface area contributed by atoms with Gasteiger partial charge in [-0.25, -0.2) is 0 Å². The Morgan fingerprint density at radius 3 is 2.00 bits per heavy atom. The Morgan fingerprint density at radius 2 is 1.56 bits per heavy atom. The number of ether oxygens (including phenoxy) is 1. The molecule has 0 saturated heterocycles. The van der Waals surface area contributed by atoms with Gasteiger partial charge >= 0.3 is 0 Å². The van der Waals surface area contributed by atoms with Crippen LogP contribution in [0.2, 0.25) is 0 Å². The van der Waals surface area contributed by atoms with E-state index in [9.17, 15) is 0 Å². The van der Waals surface area contributed by atoms with Gasteiger partial charge in [0.2, 0.25) is 0 Å². The van der Waals surface area contributed by atoms with E-state index in [-0.39, 0.29) is 12.3 Å². The van der Waals surface area contributed by atoms with Crippen LogP contribution in [0, 0.1) is 0 Å². The monoisotopic (exact) mass is 230 g/mol. The van der Waals surface area contributed by atoms with Crippen molar-refractivity contribution in [3.8, 4) is 0 Å². The van der Waals surface area contributed by atoms with Crippen LogP contribution in [0.3, 0.4) is 0 Å². The summed E-state index contributed by atoms with van der Waals surface area (Å²) >= 11 is 0. The SMILES string of the molecule is CC(C)NCCCC(NC(C)C)OC(C)C. The Balaban J connectivity index is 3.73. The molecule has 98 valence electrons. The minimum absolute atomic E-state index is 0.189. The molecule has 0 bridgehead atoms. The van der Waals surface area contributed by atoms with Crippen molar-refractivity contribution >= 4 is 0 Å². The maximum Gasteiger partial charge on any atom is 0.108 e. The van der Waals surface area contributed by atoms with E-state index in [2.05, 4.69) is 52.2 Å². The molecule has 0 aliphatic heterocycles. The van der Waals surface area contributed by atoms with Gasteiger partial charge in [0, 0.05) is 12.1 Å². The summed E-state index contributed by atoms with van der Waals surface area (Å²) in [7, 11) is 0. The smallest absolute Gasteiger partial charge is 0.108 e. The number of hydrogen-bond acceptors (Lipinski definition) is 3. The van der Waals surface area contributed by atoms with Crippen LogP contribution < -0.4 is 10.6 Å². The van der Waals surface area contributed by atoms with E-state index >= 15 is 0 Å². The second kappa shape index (κ2) is 8.97. The molecule has 0 spiro atoms. The second-order valence-corrected chi connectivity index (χ2v) is 5.25. The van der Waals surface area contributed by atoms with Crippen molar-refractivity contribution < 1.29 is 4.74 Å². The van der Waals surface area contributed by atoms with Crippen molar-refractivity contribution in [2.75, 3.05) is 6.54 Å². The molecule has 3 nitrogen and oxygen atoms in total. The fraction of sp³-hybridized carbons (Fsp3) is 1.00. The Kier molecular flexibility index (Phi) is 8.90. The van der Waals surface area contributed by atoms with E-state index < -0.39 is 0 Å². The van der Waals surface area contributed by atoms with Crippen LogP contribution in [0.25, 0.3) is 0 Å². The van der Waals surface area contributed by atoms with E-state index in [1.54, 1.807) is 0 Å². The summed E-state index contributed by atoms with van der Waals surface area (Å²) in [5, 5.41) is 6.87. The first-order valence-electron chi connectivity index (χ1n) is 6.56. The highest BCUT2D eigenvalue weighted by atomic mass is 16.5. The number of nitrogens with one attached hydrogen (secondary N) is 2. The molecule has 0 aromatic rings. The summed E-state index contributed by atoms with van der Waals surface area (Å²) in [6.07, 6.45) is 2.69. The third kappa shape index (κ3) is 10.4. The lowest BCUT2D eigenvalue weighted by molar-refractivity contribution is -0.0218. The standard InChI is InChI=1S/C13H30N2O/c1-10(2)14-9-7-8-13(15-11(3)4)16-12(5)6/h10-15H,7-9H2,1-6H3. The molecule has 1 unspecified atom stereocenters. The third-order valence-corrected chi connectivity index (χ3v) is 2.15. The van der Waals surface area contributed by atoms with Crippen LogP contribution in [-0.4, -0.2) is 31.0 Å². The van der Waals surface area contributed by atoms with Gasteiger partial charge in [-0.05, 0) is 47.1 Å². The molecule has 0 radical (unpaired) electrons. The lowest BCUT2D eigenvalue weighted by atomic mass is 10.2. The van der Waals surface area contributed by atoms with Crippen molar-refractivity contribution in [2.24, 2.45) is 0 Å². The molecule has 1 atom stereocenters. The molecular formula is C13H30N2O. The maximum absolute atomic E-state index is 5.83. The van der Waals surface area contributed by atoms with E-state index in [1.807, 2.05) is 0 Å². The van der Waals surface area contributed by atoms with Crippen molar-refractivity contribution in [3.63, 3.8) is 0 Å². The average molecular weight is 230 g/mol. The van der Waals surface area contributed by atoms with Gasteiger partial charge in [0.05, 0.1) is 6.10 Å². The first-order valence-corrected chi connectivity index (χ1v) is 6.56. The van der Waals surface area contributed by atoms with Gasteiger partial charge in [-0.15, -0.1) is 0 Å². The van der Waals surface area contributed by atoms with Crippen LogP contribution in [-0.2, 0) is 4.74 Å². The number of rotatable bonds is 9. The minimum atomic E-state index is 0.189. The summed E-state index contributed by atoms with van der Waals surface area (Å²) in [6.45, 7) is 13.9. The Hall–Kier alpha value is -0.120. The zero-order valence-electron chi connectivity index (χ0n) is 11.8. The zero-order chi connectivity index (χ0) is 12.6. The van der Waals surface area contributed by atoms with Crippen molar-refractivity contribution in [2.45, 2.75) is 78.8 Å². The summed E-state index contributed by atoms with van der Waals surface area (Å²) in [5.41, 5.74) is 0. The van der Waals surface area contributed by atoms with Gasteiger partial charge in [0.1, 0.15) is 6.23 Å². The van der Waals surface area contributed by atoms with Crippen LogP contribution in [0.4, 0.5) is 0 Å². The second-order valence-electron chi connectivity index (χ2n) is 5.25. The molecule has 0 aliphatic rings. The molecule has 0 aliphatic carbocycles. The largest absolute Gasteiger partial charge is 0.361 e. The van der Waals surface area contributed by atoms with Crippen LogP contribution in [0.5, 0.6) is 0 Å². The summed E-state index contributed by atoms with van der Waals surface area (Å²) in [5.74, 6) is 0. The van der Waals surface area contributed by atoms with Crippen LogP contribution in [0.15, 0.2) is 0 Å². The fourth-order valence-corrected chi connectivity index (χ4v) is 1.57. The van der Waals surface area contributed by atoms with Gasteiger partial charge < -0.3 is 10.1 Å². The first-order chi connectivity index (χ1) is 7.41. The topological polar surface area (TPSA) is 33.3 Å². The van der Waals surface area contributed by atoms with E-state index in [0.717, 1.165) is 19.4 Å². The Morgan fingerprint density at radius 1 is 0.938 bits per heavy atom. The summed E-state index contributed by atoms with van der Waals surface area (Å²) in [6, 6.07) is 1.05. The summed E-state index contributed by atoms with van der Waals surface area (Å²) < 4.78 is 5.83. The van der Waals surface area contributed by atoms with Gasteiger partial charge in [-0.3, -0.25) is 5.32 Å². The highest BCUT2D eigenvalue weighted by Gasteiger charge is 2.11. The molecule has 2 N–H and O–H groups in total. The average Bonchev–Trinajstić information content (AvgIpc) is 2.09. The maximum atomic E-state index is 5.83. The molecule has 0 fully saturated rings. The van der Waals surface area contributed by atoms with Gasteiger partial charge in [0.25, 0.3) is 0 Å². The van der Waals surface area contributed by atoms with Gasteiger partial charge in [-0.1, -0.05) is 13.8 Å². The molecule has 0 heterocycles. The van der Waals surface area contributed by atoms with Gasteiger partial charge in [0.15, 0.2) is 0 Å². The fourth-order valence-electron chi connectivity index (χ4n) is 1.57. The quantitative estimate of drug-likeness (QED) is 0.472. The Labute approximate surface area is 101 Å². The molecule has 0 aromatic carbocycles. The minimum Gasteiger partial charge on any atom is -0.361 e. The zero-order valence-corrected chi connectivity index (χ0v) is 11.8. The third-order valence-electron chi connectivity index (χ3n) is 2.15. The predicted molar refractivity (Wildman–Crippen MR) is 70.7 cm³/mol. The first kappa shape index (κ1) is 15.9. The summed E-state index contributed by atoms with van der Waals surface area (Å²) in [4.78, 5) is 0. The van der Waals surface area contributed by atoms with Crippen LogP contribution >= 0.6 is 0 Å². The Bertz CT molecular complexity index is 148. The van der Waals surface area contributed by atoms with Crippen molar-refractivity contribution in [1.82, 2.24) is 10.6 Å². The van der Waals surface area contributed by atoms with Gasteiger partial charge in [-0.2, -0.15) is 0 Å². The molecule has 0 amide bonds.